The van der Waals surface area contributed by atoms with E-state index in [-0.39, 0.29) is 24.3 Å². The monoisotopic (exact) mass is 251 g/mol. The van der Waals surface area contributed by atoms with Gasteiger partial charge in [0.15, 0.2) is 18.2 Å². The van der Waals surface area contributed by atoms with Crippen LogP contribution in [-0.2, 0) is 4.79 Å². The van der Waals surface area contributed by atoms with Crippen LogP contribution in [0.1, 0.15) is 26.7 Å². The van der Waals surface area contributed by atoms with E-state index < -0.39 is 5.82 Å². The third kappa shape index (κ3) is 3.00. The van der Waals surface area contributed by atoms with E-state index in [2.05, 4.69) is 0 Å². The Balaban J connectivity index is 1.93. The molecule has 1 amide bonds. The second kappa shape index (κ2) is 5.38. The third-order valence-electron chi connectivity index (χ3n) is 2.97. The molecule has 0 aliphatic heterocycles. The van der Waals surface area contributed by atoms with Gasteiger partial charge < -0.3 is 9.64 Å². The Kier molecular flexibility index (Phi) is 3.84. The van der Waals surface area contributed by atoms with Crippen molar-refractivity contribution >= 4 is 5.91 Å². The summed E-state index contributed by atoms with van der Waals surface area (Å²) in [5.41, 5.74) is 0. The molecule has 2 rings (SSSR count). The Bertz CT molecular complexity index is 428. The number of rotatable bonds is 5. The highest BCUT2D eigenvalue weighted by Gasteiger charge is 2.34. The summed E-state index contributed by atoms with van der Waals surface area (Å²) in [6.07, 6.45) is 2.12. The summed E-state index contributed by atoms with van der Waals surface area (Å²) in [6, 6.07) is 6.63. The fraction of sp³-hybridized carbons (Fsp3) is 0.500. The van der Waals surface area contributed by atoms with Crippen molar-refractivity contribution in [2.24, 2.45) is 0 Å². The molecule has 0 atom stereocenters. The number of carbonyl (C=O) groups excluding carboxylic acids is 1. The van der Waals surface area contributed by atoms with E-state index in [0.29, 0.717) is 6.04 Å². The zero-order valence-corrected chi connectivity index (χ0v) is 10.7. The maximum Gasteiger partial charge on any atom is 0.260 e. The minimum atomic E-state index is -0.437. The van der Waals surface area contributed by atoms with Crippen LogP contribution in [0.15, 0.2) is 24.3 Å². The molecule has 0 N–H and O–H groups in total. The van der Waals surface area contributed by atoms with Crippen LogP contribution in [0.5, 0.6) is 5.75 Å². The molecule has 0 bridgehead atoms. The zero-order valence-electron chi connectivity index (χ0n) is 10.7. The molecular formula is C14H18FNO2. The van der Waals surface area contributed by atoms with Gasteiger partial charge in [-0.3, -0.25) is 4.79 Å². The van der Waals surface area contributed by atoms with Gasteiger partial charge in [0.2, 0.25) is 0 Å². The predicted molar refractivity (Wildman–Crippen MR) is 66.9 cm³/mol. The number of hydrogen-bond donors (Lipinski definition) is 0. The van der Waals surface area contributed by atoms with Crippen LogP contribution in [0.25, 0.3) is 0 Å². The maximum atomic E-state index is 13.3. The van der Waals surface area contributed by atoms with Crippen LogP contribution >= 0.6 is 0 Å². The summed E-state index contributed by atoms with van der Waals surface area (Å²) in [5, 5.41) is 0. The van der Waals surface area contributed by atoms with Crippen molar-refractivity contribution < 1.29 is 13.9 Å². The molecule has 1 aromatic carbocycles. The van der Waals surface area contributed by atoms with Crippen molar-refractivity contribution in [2.45, 2.75) is 38.8 Å². The second-order valence-corrected chi connectivity index (χ2v) is 4.85. The van der Waals surface area contributed by atoms with Crippen LogP contribution < -0.4 is 4.74 Å². The number of nitrogens with zero attached hydrogens (tertiary/aromatic N) is 1. The van der Waals surface area contributed by atoms with Crippen LogP contribution in [0.4, 0.5) is 4.39 Å². The van der Waals surface area contributed by atoms with E-state index in [4.69, 9.17) is 4.74 Å². The van der Waals surface area contributed by atoms with Crippen LogP contribution in [-0.4, -0.2) is 29.5 Å². The molecule has 0 spiro atoms. The zero-order chi connectivity index (χ0) is 13.1. The minimum absolute atomic E-state index is 0.0734. The van der Waals surface area contributed by atoms with Gasteiger partial charge in [-0.1, -0.05) is 12.1 Å². The van der Waals surface area contributed by atoms with Crippen molar-refractivity contribution in [3.8, 4) is 5.75 Å². The average molecular weight is 251 g/mol. The summed E-state index contributed by atoms with van der Waals surface area (Å²) in [6.45, 7) is 3.87. The number of amides is 1. The van der Waals surface area contributed by atoms with Crippen molar-refractivity contribution in [2.75, 3.05) is 6.61 Å². The molecule has 0 aromatic heterocycles. The SMILES string of the molecule is CC(C)N(C(=O)COc1ccccc1F)C1CC1. The first-order valence-corrected chi connectivity index (χ1v) is 6.28. The number of hydrogen-bond acceptors (Lipinski definition) is 2. The highest BCUT2D eigenvalue weighted by Crippen LogP contribution is 2.28. The van der Waals surface area contributed by atoms with Crippen molar-refractivity contribution in [3.05, 3.63) is 30.1 Å². The molecule has 3 nitrogen and oxygen atoms in total. The molecule has 1 aliphatic rings. The number of para-hydroxylation sites is 1. The van der Waals surface area contributed by atoms with Gasteiger partial charge in [-0.05, 0) is 38.8 Å². The van der Waals surface area contributed by atoms with E-state index in [1.807, 2.05) is 18.7 Å². The van der Waals surface area contributed by atoms with Gasteiger partial charge >= 0.3 is 0 Å². The fourth-order valence-corrected chi connectivity index (χ4v) is 2.04. The number of halogens is 1. The first-order chi connectivity index (χ1) is 8.59. The highest BCUT2D eigenvalue weighted by molar-refractivity contribution is 5.78. The molecular weight excluding hydrogens is 233 g/mol. The standard InChI is InChI=1S/C14H18FNO2/c1-10(2)16(11-7-8-11)14(17)9-18-13-6-4-3-5-12(13)15/h3-6,10-11H,7-9H2,1-2H3. The van der Waals surface area contributed by atoms with Gasteiger partial charge in [0.1, 0.15) is 0 Å². The van der Waals surface area contributed by atoms with Crippen LogP contribution in [0, 0.1) is 5.82 Å². The number of ether oxygens (including phenoxy) is 1. The summed E-state index contributed by atoms with van der Waals surface area (Å²) < 4.78 is 18.6. The Morgan fingerprint density at radius 3 is 2.67 bits per heavy atom. The quantitative estimate of drug-likeness (QED) is 0.805. The van der Waals surface area contributed by atoms with Crippen molar-refractivity contribution in [1.29, 1.82) is 0 Å². The van der Waals surface area contributed by atoms with Crippen LogP contribution in [0.3, 0.4) is 0 Å². The summed E-state index contributed by atoms with van der Waals surface area (Å²) in [4.78, 5) is 13.9. The molecule has 0 saturated heterocycles. The first kappa shape index (κ1) is 12.9. The maximum absolute atomic E-state index is 13.3. The number of carbonyl (C=O) groups is 1. The van der Waals surface area contributed by atoms with E-state index in [0.717, 1.165) is 12.8 Å². The van der Waals surface area contributed by atoms with Gasteiger partial charge in [-0.15, -0.1) is 0 Å². The minimum Gasteiger partial charge on any atom is -0.481 e. The molecule has 18 heavy (non-hydrogen) atoms. The fourth-order valence-electron chi connectivity index (χ4n) is 2.04. The lowest BCUT2D eigenvalue weighted by Crippen LogP contribution is -2.41. The normalized spacial score (nSPS) is 14.7. The van der Waals surface area contributed by atoms with Gasteiger partial charge in [0.05, 0.1) is 0 Å². The Hall–Kier alpha value is -1.58. The molecule has 1 saturated carbocycles. The molecule has 0 radical (unpaired) electrons. The molecule has 1 aliphatic carbocycles. The summed E-state index contributed by atoms with van der Waals surface area (Å²) >= 11 is 0. The number of benzene rings is 1. The molecule has 1 fully saturated rings. The lowest BCUT2D eigenvalue weighted by Gasteiger charge is -2.26. The van der Waals surface area contributed by atoms with Crippen molar-refractivity contribution in [1.82, 2.24) is 4.90 Å². The summed E-state index contributed by atoms with van der Waals surface area (Å²) in [7, 11) is 0. The van der Waals surface area contributed by atoms with Gasteiger partial charge in [-0.2, -0.15) is 0 Å². The average Bonchev–Trinajstić information content (AvgIpc) is 3.12. The van der Waals surface area contributed by atoms with Crippen LogP contribution in [0.2, 0.25) is 0 Å². The topological polar surface area (TPSA) is 29.5 Å². The third-order valence-corrected chi connectivity index (χ3v) is 2.97. The van der Waals surface area contributed by atoms with E-state index >= 15 is 0 Å². The lowest BCUT2D eigenvalue weighted by molar-refractivity contribution is -0.135. The highest BCUT2D eigenvalue weighted by atomic mass is 19.1. The molecule has 4 heteroatoms. The van der Waals surface area contributed by atoms with E-state index in [9.17, 15) is 9.18 Å². The molecule has 0 heterocycles. The Labute approximate surface area is 107 Å². The van der Waals surface area contributed by atoms with Gasteiger partial charge in [0, 0.05) is 12.1 Å². The van der Waals surface area contributed by atoms with Gasteiger partial charge in [-0.25, -0.2) is 4.39 Å². The van der Waals surface area contributed by atoms with Gasteiger partial charge in [0.25, 0.3) is 5.91 Å². The van der Waals surface area contributed by atoms with E-state index in [1.54, 1.807) is 12.1 Å². The van der Waals surface area contributed by atoms with E-state index in [1.165, 1.54) is 12.1 Å². The largest absolute Gasteiger partial charge is 0.481 e. The molecule has 1 aromatic rings. The lowest BCUT2D eigenvalue weighted by atomic mass is 10.3. The molecule has 98 valence electrons. The first-order valence-electron chi connectivity index (χ1n) is 6.28. The van der Waals surface area contributed by atoms with Crippen molar-refractivity contribution in [3.63, 3.8) is 0 Å². The Morgan fingerprint density at radius 1 is 1.44 bits per heavy atom. The second-order valence-electron chi connectivity index (χ2n) is 4.85. The smallest absolute Gasteiger partial charge is 0.260 e. The summed E-state index contributed by atoms with van der Waals surface area (Å²) in [5.74, 6) is -0.381. The predicted octanol–water partition coefficient (Wildman–Crippen LogP) is 2.60. The Morgan fingerprint density at radius 2 is 2.11 bits per heavy atom. The molecule has 0 unspecified atom stereocenters.